The molecule has 0 saturated carbocycles. The lowest BCUT2D eigenvalue weighted by Crippen LogP contribution is -2.30. The van der Waals surface area contributed by atoms with Crippen molar-refractivity contribution in [1.29, 1.82) is 0 Å². The van der Waals surface area contributed by atoms with Gasteiger partial charge in [0.2, 0.25) is 0 Å². The van der Waals surface area contributed by atoms with Crippen LogP contribution in [0.5, 0.6) is 0 Å². The molecule has 1 amide bonds. The Labute approximate surface area is 145 Å². The first kappa shape index (κ1) is 15.6. The first-order valence-electron chi connectivity index (χ1n) is 8.39. The fraction of sp³-hybridized carbons (Fsp3) is 0.200. The highest BCUT2D eigenvalue weighted by Crippen LogP contribution is 2.33. The van der Waals surface area contributed by atoms with Crippen LogP contribution < -0.4 is 0 Å². The van der Waals surface area contributed by atoms with Gasteiger partial charge in [-0.3, -0.25) is 4.79 Å². The normalized spacial score (nSPS) is 17.0. The number of benzene rings is 2. The highest BCUT2D eigenvalue weighted by atomic mass is 19.1. The molecule has 1 saturated heterocycles. The lowest BCUT2D eigenvalue weighted by Gasteiger charge is -2.25. The van der Waals surface area contributed by atoms with Crippen molar-refractivity contribution in [2.45, 2.75) is 18.9 Å². The van der Waals surface area contributed by atoms with Crippen LogP contribution in [-0.4, -0.2) is 27.1 Å². The zero-order valence-corrected chi connectivity index (χ0v) is 13.7. The maximum atomic E-state index is 13.2. The summed E-state index contributed by atoms with van der Waals surface area (Å²) in [5.74, 6) is -0.243. The van der Waals surface area contributed by atoms with Crippen molar-refractivity contribution in [2.24, 2.45) is 0 Å². The SMILES string of the molecule is O=C(c1ccc(-n2cccn2)cc1)N1CCCC1c1ccc(F)cc1. The van der Waals surface area contributed by atoms with Gasteiger partial charge >= 0.3 is 0 Å². The molecule has 0 aliphatic carbocycles. The number of halogens is 1. The van der Waals surface area contributed by atoms with E-state index in [1.165, 1.54) is 12.1 Å². The Morgan fingerprint density at radius 1 is 1.08 bits per heavy atom. The minimum atomic E-state index is -0.256. The van der Waals surface area contributed by atoms with Gasteiger partial charge in [0.1, 0.15) is 5.82 Å². The molecular weight excluding hydrogens is 317 g/mol. The van der Waals surface area contributed by atoms with Crippen LogP contribution in [0, 0.1) is 5.82 Å². The average Bonchev–Trinajstić information content (AvgIpc) is 3.34. The summed E-state index contributed by atoms with van der Waals surface area (Å²) < 4.78 is 14.9. The van der Waals surface area contributed by atoms with Gasteiger partial charge in [-0.05, 0) is 60.9 Å². The third-order valence-electron chi connectivity index (χ3n) is 4.65. The molecule has 0 bridgehead atoms. The average molecular weight is 335 g/mol. The summed E-state index contributed by atoms with van der Waals surface area (Å²) in [5.41, 5.74) is 2.56. The lowest BCUT2D eigenvalue weighted by atomic mass is 10.0. The van der Waals surface area contributed by atoms with Gasteiger partial charge in [-0.25, -0.2) is 9.07 Å². The minimum absolute atomic E-state index is 0.0128. The first-order valence-corrected chi connectivity index (χ1v) is 8.39. The number of hydrogen-bond donors (Lipinski definition) is 0. The van der Waals surface area contributed by atoms with E-state index >= 15 is 0 Å². The number of amides is 1. The van der Waals surface area contributed by atoms with Crippen molar-refractivity contribution in [2.75, 3.05) is 6.54 Å². The second-order valence-electron chi connectivity index (χ2n) is 6.21. The Morgan fingerprint density at radius 3 is 2.52 bits per heavy atom. The van der Waals surface area contributed by atoms with Gasteiger partial charge in [0.25, 0.3) is 5.91 Å². The fourth-order valence-electron chi connectivity index (χ4n) is 3.39. The molecule has 1 aliphatic heterocycles. The highest BCUT2D eigenvalue weighted by molar-refractivity contribution is 5.94. The van der Waals surface area contributed by atoms with E-state index in [-0.39, 0.29) is 17.8 Å². The molecule has 0 radical (unpaired) electrons. The summed E-state index contributed by atoms with van der Waals surface area (Å²) >= 11 is 0. The van der Waals surface area contributed by atoms with Gasteiger partial charge in [0.05, 0.1) is 11.7 Å². The van der Waals surface area contributed by atoms with E-state index < -0.39 is 0 Å². The summed E-state index contributed by atoms with van der Waals surface area (Å²) in [6, 6.07) is 15.8. The maximum absolute atomic E-state index is 13.2. The Kier molecular flexibility index (Phi) is 4.06. The Balaban J connectivity index is 1.56. The number of rotatable bonds is 3. The molecule has 126 valence electrons. The zero-order valence-electron chi connectivity index (χ0n) is 13.7. The van der Waals surface area contributed by atoms with Crippen LogP contribution in [0.2, 0.25) is 0 Å². The molecule has 0 spiro atoms. The van der Waals surface area contributed by atoms with Gasteiger partial charge in [0, 0.05) is 24.5 Å². The van der Waals surface area contributed by atoms with E-state index in [0.717, 1.165) is 30.6 Å². The van der Waals surface area contributed by atoms with Crippen LogP contribution in [0.4, 0.5) is 4.39 Å². The predicted molar refractivity (Wildman–Crippen MR) is 93.0 cm³/mol. The molecule has 2 heterocycles. The largest absolute Gasteiger partial charge is 0.332 e. The molecule has 25 heavy (non-hydrogen) atoms. The predicted octanol–water partition coefficient (Wildman–Crippen LogP) is 3.99. The van der Waals surface area contributed by atoms with Crippen LogP contribution in [0.3, 0.4) is 0 Å². The second-order valence-corrected chi connectivity index (χ2v) is 6.21. The minimum Gasteiger partial charge on any atom is -0.332 e. The third kappa shape index (κ3) is 3.05. The van der Waals surface area contributed by atoms with Crippen molar-refractivity contribution >= 4 is 5.91 Å². The fourth-order valence-corrected chi connectivity index (χ4v) is 3.39. The highest BCUT2D eigenvalue weighted by Gasteiger charge is 2.30. The van der Waals surface area contributed by atoms with Crippen molar-refractivity contribution in [3.8, 4) is 5.69 Å². The van der Waals surface area contributed by atoms with Crippen molar-refractivity contribution in [3.05, 3.63) is 83.9 Å². The first-order chi connectivity index (χ1) is 12.2. The van der Waals surface area contributed by atoms with Crippen LogP contribution in [0.25, 0.3) is 5.69 Å². The summed E-state index contributed by atoms with van der Waals surface area (Å²) in [4.78, 5) is 14.8. The Morgan fingerprint density at radius 2 is 1.84 bits per heavy atom. The Bertz CT molecular complexity index is 857. The van der Waals surface area contributed by atoms with Crippen molar-refractivity contribution in [3.63, 3.8) is 0 Å². The molecule has 1 atom stereocenters. The van der Waals surface area contributed by atoms with Crippen LogP contribution in [0.1, 0.15) is 34.8 Å². The number of aromatic nitrogens is 2. The molecule has 1 aromatic heterocycles. The van der Waals surface area contributed by atoms with Crippen LogP contribution in [-0.2, 0) is 0 Å². The van der Waals surface area contributed by atoms with Crippen molar-refractivity contribution < 1.29 is 9.18 Å². The lowest BCUT2D eigenvalue weighted by molar-refractivity contribution is 0.0735. The van der Waals surface area contributed by atoms with E-state index in [1.807, 2.05) is 41.4 Å². The summed E-state index contributed by atoms with van der Waals surface area (Å²) in [6.45, 7) is 0.724. The van der Waals surface area contributed by atoms with E-state index in [0.29, 0.717) is 5.56 Å². The van der Waals surface area contributed by atoms with Gasteiger partial charge in [-0.2, -0.15) is 5.10 Å². The quantitative estimate of drug-likeness (QED) is 0.726. The van der Waals surface area contributed by atoms with Crippen LogP contribution >= 0.6 is 0 Å². The molecule has 5 heteroatoms. The number of nitrogens with zero attached hydrogens (tertiary/aromatic N) is 3. The molecule has 1 aliphatic rings. The molecular formula is C20H18FN3O. The molecule has 1 unspecified atom stereocenters. The molecule has 0 N–H and O–H groups in total. The number of carbonyl (C=O) groups excluding carboxylic acids is 1. The number of carbonyl (C=O) groups is 1. The molecule has 1 fully saturated rings. The standard InChI is InChI=1S/C20H18FN3O/c21-17-8-4-15(5-9-17)19-3-1-13-23(19)20(25)16-6-10-18(11-7-16)24-14-2-12-22-24/h2,4-12,14,19H,1,3,13H2. The van der Waals surface area contributed by atoms with Crippen LogP contribution in [0.15, 0.2) is 67.0 Å². The van der Waals surface area contributed by atoms with E-state index in [4.69, 9.17) is 0 Å². The number of likely N-dealkylation sites (tertiary alicyclic amines) is 1. The number of hydrogen-bond acceptors (Lipinski definition) is 2. The van der Waals surface area contributed by atoms with Gasteiger partial charge in [-0.15, -0.1) is 0 Å². The van der Waals surface area contributed by atoms with E-state index in [9.17, 15) is 9.18 Å². The topological polar surface area (TPSA) is 38.1 Å². The molecule has 4 nitrogen and oxygen atoms in total. The smallest absolute Gasteiger partial charge is 0.254 e. The summed E-state index contributed by atoms with van der Waals surface area (Å²) in [5, 5.41) is 4.19. The second kappa shape index (κ2) is 6.51. The third-order valence-corrected chi connectivity index (χ3v) is 4.65. The summed E-state index contributed by atoms with van der Waals surface area (Å²) in [7, 11) is 0. The van der Waals surface area contributed by atoms with E-state index in [2.05, 4.69) is 5.10 Å². The molecule has 4 rings (SSSR count). The van der Waals surface area contributed by atoms with Gasteiger partial charge < -0.3 is 4.90 Å². The zero-order chi connectivity index (χ0) is 17.2. The van der Waals surface area contributed by atoms with Gasteiger partial charge in [-0.1, -0.05) is 12.1 Å². The summed E-state index contributed by atoms with van der Waals surface area (Å²) in [6.07, 6.45) is 5.44. The molecule has 3 aromatic rings. The van der Waals surface area contributed by atoms with Gasteiger partial charge in [0.15, 0.2) is 0 Å². The van der Waals surface area contributed by atoms with Crippen molar-refractivity contribution in [1.82, 2.24) is 14.7 Å². The monoisotopic (exact) mass is 335 g/mol. The molecule has 2 aromatic carbocycles. The van der Waals surface area contributed by atoms with E-state index in [1.54, 1.807) is 23.0 Å². The Hall–Kier alpha value is -2.95. The maximum Gasteiger partial charge on any atom is 0.254 e.